The Labute approximate surface area is 107 Å². The van der Waals surface area contributed by atoms with Gasteiger partial charge in [0, 0.05) is 18.2 Å². The topological polar surface area (TPSA) is 45.4 Å². The average molecular weight is 245 g/mol. The molecule has 2 N–H and O–H groups in total. The van der Waals surface area contributed by atoms with Gasteiger partial charge in [-0.05, 0) is 44.5 Å². The summed E-state index contributed by atoms with van der Waals surface area (Å²) >= 11 is 0. The third-order valence-electron chi connectivity index (χ3n) is 3.09. The smallest absolute Gasteiger partial charge is 0.115 e. The van der Waals surface area contributed by atoms with Crippen LogP contribution in [-0.4, -0.2) is 5.11 Å². The number of benzene rings is 1. The molecule has 1 atom stereocenters. The Kier molecular flexibility index (Phi) is 3.72. The van der Waals surface area contributed by atoms with Crippen LogP contribution in [0.5, 0.6) is 5.75 Å². The first-order valence-corrected chi connectivity index (χ1v) is 6.14. The molecule has 96 valence electrons. The molecule has 0 saturated heterocycles. The summed E-state index contributed by atoms with van der Waals surface area (Å²) in [6.07, 6.45) is 0. The molecule has 1 unspecified atom stereocenters. The van der Waals surface area contributed by atoms with Crippen LogP contribution < -0.4 is 5.32 Å². The van der Waals surface area contributed by atoms with Crippen LogP contribution in [0, 0.1) is 13.8 Å². The number of nitrogens with one attached hydrogen (secondary N) is 1. The molecule has 3 heteroatoms. The first kappa shape index (κ1) is 12.7. The van der Waals surface area contributed by atoms with Crippen molar-refractivity contribution in [1.82, 2.24) is 5.32 Å². The highest BCUT2D eigenvalue weighted by atomic mass is 16.3. The lowest BCUT2D eigenvalue weighted by molar-refractivity contribution is 0.474. The predicted octanol–water partition coefficient (Wildman–Crippen LogP) is 3.45. The van der Waals surface area contributed by atoms with E-state index in [1.807, 2.05) is 26.0 Å². The van der Waals surface area contributed by atoms with E-state index in [9.17, 15) is 5.11 Å². The van der Waals surface area contributed by atoms with Crippen molar-refractivity contribution in [3.05, 3.63) is 53.0 Å². The third kappa shape index (κ3) is 2.93. The van der Waals surface area contributed by atoms with Crippen LogP contribution in [0.4, 0.5) is 0 Å². The molecule has 0 spiro atoms. The van der Waals surface area contributed by atoms with E-state index in [0.29, 0.717) is 5.75 Å². The number of hydrogen-bond acceptors (Lipinski definition) is 3. The van der Waals surface area contributed by atoms with Gasteiger partial charge in [0.05, 0.1) is 0 Å². The van der Waals surface area contributed by atoms with Gasteiger partial charge in [-0.25, -0.2) is 0 Å². The maximum absolute atomic E-state index is 9.22. The number of hydrogen-bond donors (Lipinski definition) is 2. The standard InChI is InChI=1S/C15H19NO2/c1-10-8-15(12(3)18-10)11(2)16-9-13-4-6-14(17)7-5-13/h4-8,11,16-17H,9H2,1-3H3. The lowest BCUT2D eigenvalue weighted by Gasteiger charge is -2.13. The number of furan rings is 1. The minimum atomic E-state index is 0.247. The van der Waals surface area contributed by atoms with Crippen molar-refractivity contribution < 1.29 is 9.52 Å². The molecule has 1 heterocycles. The van der Waals surface area contributed by atoms with Crippen molar-refractivity contribution in [2.45, 2.75) is 33.4 Å². The van der Waals surface area contributed by atoms with Gasteiger partial charge in [-0.1, -0.05) is 12.1 Å². The van der Waals surface area contributed by atoms with Crippen molar-refractivity contribution in [2.24, 2.45) is 0 Å². The Hall–Kier alpha value is -1.74. The highest BCUT2D eigenvalue weighted by molar-refractivity contribution is 5.27. The quantitative estimate of drug-likeness (QED) is 0.867. The Morgan fingerprint density at radius 1 is 1.22 bits per heavy atom. The lowest BCUT2D eigenvalue weighted by Crippen LogP contribution is -2.18. The largest absolute Gasteiger partial charge is 0.508 e. The monoisotopic (exact) mass is 245 g/mol. The van der Waals surface area contributed by atoms with Crippen LogP contribution in [0.2, 0.25) is 0 Å². The number of aromatic hydroxyl groups is 1. The molecule has 2 rings (SSSR count). The average Bonchev–Trinajstić information content (AvgIpc) is 2.67. The van der Waals surface area contributed by atoms with E-state index in [1.54, 1.807) is 12.1 Å². The van der Waals surface area contributed by atoms with E-state index in [1.165, 1.54) is 5.56 Å². The zero-order chi connectivity index (χ0) is 13.1. The van der Waals surface area contributed by atoms with Gasteiger partial charge in [0.1, 0.15) is 17.3 Å². The normalized spacial score (nSPS) is 12.6. The number of phenolic OH excluding ortho intramolecular Hbond substituents is 1. The van der Waals surface area contributed by atoms with E-state index in [2.05, 4.69) is 18.3 Å². The molecule has 3 nitrogen and oxygen atoms in total. The molecule has 0 saturated carbocycles. The SMILES string of the molecule is Cc1cc(C(C)NCc2ccc(O)cc2)c(C)o1. The third-order valence-corrected chi connectivity index (χ3v) is 3.09. The highest BCUT2D eigenvalue weighted by Crippen LogP contribution is 2.21. The minimum Gasteiger partial charge on any atom is -0.508 e. The second-order valence-electron chi connectivity index (χ2n) is 4.64. The van der Waals surface area contributed by atoms with Gasteiger partial charge in [0.15, 0.2) is 0 Å². The van der Waals surface area contributed by atoms with Gasteiger partial charge in [-0.3, -0.25) is 0 Å². The van der Waals surface area contributed by atoms with Crippen LogP contribution in [0.3, 0.4) is 0 Å². The summed E-state index contributed by atoms with van der Waals surface area (Å²) in [5.74, 6) is 2.21. The second kappa shape index (κ2) is 5.27. The highest BCUT2D eigenvalue weighted by Gasteiger charge is 2.11. The van der Waals surface area contributed by atoms with Crippen molar-refractivity contribution in [2.75, 3.05) is 0 Å². The fraction of sp³-hybridized carbons (Fsp3) is 0.333. The van der Waals surface area contributed by atoms with Crippen LogP contribution in [-0.2, 0) is 6.54 Å². The van der Waals surface area contributed by atoms with Crippen molar-refractivity contribution >= 4 is 0 Å². The fourth-order valence-electron chi connectivity index (χ4n) is 2.08. The summed E-state index contributed by atoms with van der Waals surface area (Å²) in [4.78, 5) is 0. The van der Waals surface area contributed by atoms with Crippen LogP contribution in [0.15, 0.2) is 34.7 Å². The summed E-state index contributed by atoms with van der Waals surface area (Å²) in [7, 11) is 0. The zero-order valence-corrected chi connectivity index (χ0v) is 11.0. The molecule has 1 aromatic heterocycles. The Morgan fingerprint density at radius 3 is 2.44 bits per heavy atom. The van der Waals surface area contributed by atoms with Crippen LogP contribution >= 0.6 is 0 Å². The van der Waals surface area contributed by atoms with Crippen molar-refractivity contribution in [3.8, 4) is 5.75 Å². The van der Waals surface area contributed by atoms with E-state index < -0.39 is 0 Å². The molecule has 0 aliphatic carbocycles. The van der Waals surface area contributed by atoms with Crippen molar-refractivity contribution in [3.63, 3.8) is 0 Å². The first-order valence-electron chi connectivity index (χ1n) is 6.14. The maximum atomic E-state index is 9.22. The maximum Gasteiger partial charge on any atom is 0.115 e. The van der Waals surface area contributed by atoms with E-state index in [-0.39, 0.29) is 6.04 Å². The summed E-state index contributed by atoms with van der Waals surface area (Å²) in [6.45, 7) is 6.84. The summed E-state index contributed by atoms with van der Waals surface area (Å²) in [5.41, 5.74) is 2.35. The summed E-state index contributed by atoms with van der Waals surface area (Å²) in [5, 5.41) is 12.7. The van der Waals surface area contributed by atoms with Crippen LogP contribution in [0.25, 0.3) is 0 Å². The van der Waals surface area contributed by atoms with Gasteiger partial charge in [0.2, 0.25) is 0 Å². The van der Waals surface area contributed by atoms with Gasteiger partial charge in [-0.2, -0.15) is 0 Å². The summed E-state index contributed by atoms with van der Waals surface area (Å²) in [6, 6.07) is 9.56. The molecule has 1 aromatic carbocycles. The molecule has 0 aliphatic rings. The van der Waals surface area contributed by atoms with Gasteiger partial charge < -0.3 is 14.8 Å². The van der Waals surface area contributed by atoms with Crippen LogP contribution in [0.1, 0.15) is 35.6 Å². The van der Waals surface area contributed by atoms with E-state index in [4.69, 9.17) is 4.42 Å². The summed E-state index contributed by atoms with van der Waals surface area (Å²) < 4.78 is 5.53. The van der Waals surface area contributed by atoms with Crippen molar-refractivity contribution in [1.29, 1.82) is 0 Å². The molecule has 0 bridgehead atoms. The van der Waals surface area contributed by atoms with E-state index >= 15 is 0 Å². The molecular weight excluding hydrogens is 226 g/mol. The van der Waals surface area contributed by atoms with Gasteiger partial charge in [-0.15, -0.1) is 0 Å². The lowest BCUT2D eigenvalue weighted by atomic mass is 10.1. The number of phenols is 1. The number of aryl methyl sites for hydroxylation is 2. The molecule has 18 heavy (non-hydrogen) atoms. The Bertz CT molecular complexity index is 514. The first-order chi connectivity index (χ1) is 8.56. The minimum absolute atomic E-state index is 0.247. The Balaban J connectivity index is 1.98. The molecule has 0 amide bonds. The van der Waals surface area contributed by atoms with E-state index in [0.717, 1.165) is 23.6 Å². The Morgan fingerprint density at radius 2 is 1.89 bits per heavy atom. The fourth-order valence-corrected chi connectivity index (χ4v) is 2.08. The van der Waals surface area contributed by atoms with Gasteiger partial charge in [0.25, 0.3) is 0 Å². The molecular formula is C15H19NO2. The molecule has 0 fully saturated rings. The molecule has 0 radical (unpaired) electrons. The number of rotatable bonds is 4. The zero-order valence-electron chi connectivity index (χ0n) is 11.0. The second-order valence-corrected chi connectivity index (χ2v) is 4.64. The predicted molar refractivity (Wildman–Crippen MR) is 71.5 cm³/mol. The molecule has 2 aromatic rings. The van der Waals surface area contributed by atoms with Gasteiger partial charge >= 0.3 is 0 Å². The molecule has 0 aliphatic heterocycles.